The number of hydrogen-bond donors (Lipinski definition) is 3. The first kappa shape index (κ1) is 11.7. The third kappa shape index (κ3) is 2.66. The third-order valence-corrected chi connectivity index (χ3v) is 3.13. The Morgan fingerprint density at radius 1 is 1.47 bits per heavy atom. The van der Waals surface area contributed by atoms with Gasteiger partial charge < -0.3 is 20.6 Å². The van der Waals surface area contributed by atoms with E-state index >= 15 is 0 Å². The zero-order valence-electron chi connectivity index (χ0n) is 9.31. The van der Waals surface area contributed by atoms with Gasteiger partial charge in [0.2, 0.25) is 5.91 Å². The van der Waals surface area contributed by atoms with E-state index in [2.05, 4.69) is 10.6 Å². The van der Waals surface area contributed by atoms with Crippen LogP contribution in [0.2, 0.25) is 0 Å². The number of urea groups is 1. The molecular formula is C10H15N3O4. The van der Waals surface area contributed by atoms with Crippen molar-refractivity contribution in [2.45, 2.75) is 18.9 Å². The highest BCUT2D eigenvalue weighted by molar-refractivity contribution is 5.82. The van der Waals surface area contributed by atoms with Crippen LogP contribution in [0, 0.1) is 5.92 Å². The van der Waals surface area contributed by atoms with Crippen LogP contribution in [0.4, 0.5) is 4.79 Å². The number of nitrogens with one attached hydrogen (secondary N) is 2. The first-order valence-electron chi connectivity index (χ1n) is 5.61. The van der Waals surface area contributed by atoms with Crippen molar-refractivity contribution in [1.29, 1.82) is 0 Å². The Labute approximate surface area is 98.2 Å². The first-order chi connectivity index (χ1) is 8.06. The molecule has 0 aromatic heterocycles. The smallest absolute Gasteiger partial charge is 0.317 e. The van der Waals surface area contributed by atoms with Gasteiger partial charge in [-0.15, -0.1) is 0 Å². The Hall–Kier alpha value is -1.79. The van der Waals surface area contributed by atoms with E-state index in [1.165, 1.54) is 4.90 Å². The lowest BCUT2D eigenvalue weighted by molar-refractivity contribution is -0.141. The number of rotatable bonds is 2. The van der Waals surface area contributed by atoms with E-state index in [1.807, 2.05) is 0 Å². The molecule has 94 valence electrons. The van der Waals surface area contributed by atoms with Gasteiger partial charge in [-0.05, 0) is 6.42 Å². The van der Waals surface area contributed by atoms with E-state index < -0.39 is 11.9 Å². The lowest BCUT2D eigenvalue weighted by Gasteiger charge is -2.19. The molecular weight excluding hydrogens is 226 g/mol. The van der Waals surface area contributed by atoms with Crippen LogP contribution in [0.5, 0.6) is 0 Å². The molecule has 17 heavy (non-hydrogen) atoms. The average molecular weight is 241 g/mol. The summed E-state index contributed by atoms with van der Waals surface area (Å²) in [5, 5.41) is 14.2. The van der Waals surface area contributed by atoms with Crippen LogP contribution in [0.1, 0.15) is 12.8 Å². The molecule has 0 radical (unpaired) electrons. The van der Waals surface area contributed by atoms with E-state index in [0.717, 1.165) is 0 Å². The molecule has 2 aliphatic heterocycles. The van der Waals surface area contributed by atoms with Gasteiger partial charge in [-0.1, -0.05) is 0 Å². The fourth-order valence-electron chi connectivity index (χ4n) is 2.12. The number of likely N-dealkylation sites (tertiary alicyclic amines) is 1. The molecule has 2 rings (SSSR count). The van der Waals surface area contributed by atoms with Crippen LogP contribution in [0.15, 0.2) is 0 Å². The molecule has 2 fully saturated rings. The second-order valence-corrected chi connectivity index (χ2v) is 4.42. The molecule has 0 spiro atoms. The average Bonchev–Trinajstić information content (AvgIpc) is 2.86. The van der Waals surface area contributed by atoms with Gasteiger partial charge in [0.1, 0.15) is 0 Å². The lowest BCUT2D eigenvalue weighted by Crippen LogP contribution is -2.44. The Morgan fingerprint density at radius 2 is 2.24 bits per heavy atom. The largest absolute Gasteiger partial charge is 0.481 e. The Bertz CT molecular complexity index is 357. The molecule has 2 unspecified atom stereocenters. The zero-order valence-corrected chi connectivity index (χ0v) is 9.31. The zero-order chi connectivity index (χ0) is 12.4. The molecule has 2 saturated heterocycles. The summed E-state index contributed by atoms with van der Waals surface area (Å²) in [6.45, 7) is 1.15. The number of nitrogens with zero attached hydrogens (tertiary/aromatic N) is 1. The maximum Gasteiger partial charge on any atom is 0.317 e. The van der Waals surface area contributed by atoms with Crippen molar-refractivity contribution in [3.05, 3.63) is 0 Å². The van der Waals surface area contributed by atoms with Crippen LogP contribution in [0.3, 0.4) is 0 Å². The fourth-order valence-corrected chi connectivity index (χ4v) is 2.12. The normalized spacial score (nSPS) is 28.0. The topological polar surface area (TPSA) is 98.7 Å². The highest BCUT2D eigenvalue weighted by Crippen LogP contribution is 2.16. The minimum Gasteiger partial charge on any atom is -0.481 e. The van der Waals surface area contributed by atoms with Crippen molar-refractivity contribution in [1.82, 2.24) is 15.5 Å². The maximum absolute atomic E-state index is 11.8. The van der Waals surface area contributed by atoms with E-state index in [9.17, 15) is 14.4 Å². The molecule has 2 heterocycles. The van der Waals surface area contributed by atoms with E-state index in [4.69, 9.17) is 5.11 Å². The Kier molecular flexibility index (Phi) is 3.16. The monoisotopic (exact) mass is 241 g/mol. The van der Waals surface area contributed by atoms with Crippen LogP contribution >= 0.6 is 0 Å². The van der Waals surface area contributed by atoms with Gasteiger partial charge in [0.05, 0.1) is 12.0 Å². The summed E-state index contributed by atoms with van der Waals surface area (Å²) < 4.78 is 0. The molecule has 7 heteroatoms. The highest BCUT2D eigenvalue weighted by atomic mass is 16.4. The Morgan fingerprint density at radius 3 is 2.76 bits per heavy atom. The third-order valence-electron chi connectivity index (χ3n) is 3.13. The number of hydrogen-bond acceptors (Lipinski definition) is 3. The van der Waals surface area contributed by atoms with Crippen molar-refractivity contribution < 1.29 is 19.5 Å². The molecule has 2 aliphatic rings. The SMILES string of the molecule is O=C1CC(NC(=O)N2CCC(C(=O)O)C2)CN1. The number of carboxylic acids is 1. The second-order valence-electron chi connectivity index (χ2n) is 4.42. The number of carbonyl (C=O) groups is 3. The molecule has 0 aliphatic carbocycles. The van der Waals surface area contributed by atoms with Crippen LogP contribution < -0.4 is 10.6 Å². The van der Waals surface area contributed by atoms with Gasteiger partial charge in [0.25, 0.3) is 0 Å². The summed E-state index contributed by atoms with van der Waals surface area (Å²) in [6, 6.07) is -0.464. The summed E-state index contributed by atoms with van der Waals surface area (Å²) in [7, 11) is 0. The molecule has 3 N–H and O–H groups in total. The summed E-state index contributed by atoms with van der Waals surface area (Å²) in [5.41, 5.74) is 0. The van der Waals surface area contributed by atoms with Gasteiger partial charge >= 0.3 is 12.0 Å². The summed E-state index contributed by atoms with van der Waals surface area (Å²) in [5.74, 6) is -1.40. The molecule has 3 amide bonds. The number of carbonyl (C=O) groups excluding carboxylic acids is 2. The summed E-state index contributed by atoms with van der Waals surface area (Å²) in [6.07, 6.45) is 0.784. The minimum absolute atomic E-state index is 0.0693. The number of carboxylic acid groups (broad SMARTS) is 1. The molecule has 0 aromatic carbocycles. The molecule has 2 atom stereocenters. The van der Waals surface area contributed by atoms with Gasteiger partial charge in [-0.2, -0.15) is 0 Å². The molecule has 0 bridgehead atoms. The molecule has 0 saturated carbocycles. The van der Waals surface area contributed by atoms with Crippen molar-refractivity contribution in [2.75, 3.05) is 19.6 Å². The van der Waals surface area contributed by atoms with Crippen molar-refractivity contribution in [3.8, 4) is 0 Å². The van der Waals surface area contributed by atoms with Gasteiger partial charge in [-0.3, -0.25) is 9.59 Å². The van der Waals surface area contributed by atoms with Gasteiger partial charge in [0, 0.05) is 26.1 Å². The van der Waals surface area contributed by atoms with Crippen molar-refractivity contribution >= 4 is 17.9 Å². The second kappa shape index (κ2) is 4.60. The minimum atomic E-state index is -0.863. The van der Waals surface area contributed by atoms with Gasteiger partial charge in [-0.25, -0.2) is 4.79 Å². The molecule has 7 nitrogen and oxygen atoms in total. The van der Waals surface area contributed by atoms with E-state index in [-0.39, 0.29) is 24.5 Å². The van der Waals surface area contributed by atoms with E-state index in [0.29, 0.717) is 25.9 Å². The predicted octanol–water partition coefficient (Wildman–Crippen LogP) is -1.01. The standard InChI is InChI=1S/C10H15N3O4/c14-8-3-7(4-11-8)12-10(17)13-2-1-6(5-13)9(15)16/h6-7H,1-5H2,(H,11,14)(H,12,17)(H,15,16). The fraction of sp³-hybridized carbons (Fsp3) is 0.700. The Balaban J connectivity index is 1.81. The molecule has 0 aromatic rings. The number of aliphatic carboxylic acids is 1. The summed E-state index contributed by atoms with van der Waals surface area (Å²) in [4.78, 5) is 34.9. The highest BCUT2D eigenvalue weighted by Gasteiger charge is 2.32. The van der Waals surface area contributed by atoms with Gasteiger partial charge in [0.15, 0.2) is 0 Å². The van der Waals surface area contributed by atoms with Crippen molar-refractivity contribution in [3.63, 3.8) is 0 Å². The van der Waals surface area contributed by atoms with Crippen molar-refractivity contribution in [2.24, 2.45) is 5.92 Å². The first-order valence-corrected chi connectivity index (χ1v) is 5.61. The predicted molar refractivity (Wildman–Crippen MR) is 57.3 cm³/mol. The van der Waals surface area contributed by atoms with E-state index in [1.54, 1.807) is 0 Å². The van der Waals surface area contributed by atoms with Crippen LogP contribution in [-0.2, 0) is 9.59 Å². The van der Waals surface area contributed by atoms with Crippen LogP contribution in [-0.4, -0.2) is 53.6 Å². The quantitative estimate of drug-likeness (QED) is 0.577. The summed E-state index contributed by atoms with van der Waals surface area (Å²) >= 11 is 0. The lowest BCUT2D eigenvalue weighted by atomic mass is 10.1. The number of amides is 3. The van der Waals surface area contributed by atoms with Crippen LogP contribution in [0.25, 0.3) is 0 Å². The maximum atomic E-state index is 11.8.